The predicted molar refractivity (Wildman–Crippen MR) is 104 cm³/mol. The van der Waals surface area contributed by atoms with Crippen LogP contribution in [0.15, 0.2) is 47.7 Å². The number of carbonyl (C=O) groups excluding carboxylic acids is 1. The fraction of sp³-hybridized carbons (Fsp3) is 0.421. The lowest BCUT2D eigenvalue weighted by Gasteiger charge is -2.14. The number of primary amides is 1. The SMILES string of the molecule is CCNC(=NCC(Cc1ccc(F)cc1)C(N)=O)NCCCn1cccn1. The monoisotopic (exact) mass is 374 g/mol. The molecule has 27 heavy (non-hydrogen) atoms. The third-order valence-electron chi connectivity index (χ3n) is 4.03. The minimum absolute atomic E-state index is 0.265. The Kier molecular flexibility index (Phi) is 8.28. The molecule has 2 aromatic rings. The summed E-state index contributed by atoms with van der Waals surface area (Å²) in [5, 5.41) is 10.6. The quantitative estimate of drug-likeness (QED) is 0.332. The fourth-order valence-electron chi connectivity index (χ4n) is 2.58. The number of benzene rings is 1. The maximum Gasteiger partial charge on any atom is 0.222 e. The molecular weight excluding hydrogens is 347 g/mol. The van der Waals surface area contributed by atoms with E-state index in [-0.39, 0.29) is 12.4 Å². The van der Waals surface area contributed by atoms with Crippen molar-refractivity contribution >= 4 is 11.9 Å². The molecule has 0 fully saturated rings. The third-order valence-corrected chi connectivity index (χ3v) is 4.03. The number of rotatable bonds is 10. The van der Waals surface area contributed by atoms with Crippen LogP contribution in [0.2, 0.25) is 0 Å². The second-order valence-electron chi connectivity index (χ2n) is 6.20. The minimum atomic E-state index is -0.449. The molecule has 0 saturated heterocycles. The highest BCUT2D eigenvalue weighted by molar-refractivity contribution is 5.81. The van der Waals surface area contributed by atoms with Gasteiger partial charge in [0.2, 0.25) is 5.91 Å². The summed E-state index contributed by atoms with van der Waals surface area (Å²) in [4.78, 5) is 16.2. The molecule has 0 radical (unpaired) electrons. The van der Waals surface area contributed by atoms with Gasteiger partial charge in [-0.05, 0) is 43.5 Å². The topological polar surface area (TPSA) is 97.3 Å². The molecule has 1 amide bonds. The van der Waals surface area contributed by atoms with Gasteiger partial charge in [0.25, 0.3) is 0 Å². The summed E-state index contributed by atoms with van der Waals surface area (Å²) < 4.78 is 14.9. The first-order valence-corrected chi connectivity index (χ1v) is 9.12. The van der Waals surface area contributed by atoms with E-state index >= 15 is 0 Å². The summed E-state index contributed by atoms with van der Waals surface area (Å²) in [6.45, 7) is 4.50. The van der Waals surface area contributed by atoms with Gasteiger partial charge in [0.05, 0.1) is 12.5 Å². The Hall–Kier alpha value is -2.90. The standard InChI is InChI=1S/C19H27FN6O/c1-2-22-19(23-9-3-11-26-12-4-10-25-26)24-14-16(18(21)27)13-15-5-7-17(20)8-6-15/h4-8,10,12,16H,2-3,9,11,13-14H2,1H3,(H2,21,27)(H2,22,23,24). The third kappa shape index (κ3) is 7.47. The van der Waals surface area contributed by atoms with Crippen LogP contribution in [-0.4, -0.2) is 41.3 Å². The highest BCUT2D eigenvalue weighted by Gasteiger charge is 2.16. The molecule has 146 valence electrons. The maximum atomic E-state index is 13.0. The molecule has 1 unspecified atom stereocenters. The number of carbonyl (C=O) groups is 1. The number of hydrogen-bond donors (Lipinski definition) is 3. The molecule has 0 aliphatic carbocycles. The van der Waals surface area contributed by atoms with Crippen molar-refractivity contribution < 1.29 is 9.18 Å². The van der Waals surface area contributed by atoms with E-state index in [1.54, 1.807) is 18.3 Å². The van der Waals surface area contributed by atoms with Gasteiger partial charge >= 0.3 is 0 Å². The van der Waals surface area contributed by atoms with E-state index in [0.717, 1.165) is 25.1 Å². The van der Waals surface area contributed by atoms with Crippen molar-refractivity contribution in [2.45, 2.75) is 26.3 Å². The molecule has 1 atom stereocenters. The molecule has 7 nitrogen and oxygen atoms in total. The highest BCUT2D eigenvalue weighted by Crippen LogP contribution is 2.10. The summed E-state index contributed by atoms with van der Waals surface area (Å²) in [6, 6.07) is 7.97. The second kappa shape index (κ2) is 10.9. The largest absolute Gasteiger partial charge is 0.369 e. The lowest BCUT2D eigenvalue weighted by Crippen LogP contribution is -2.39. The molecule has 8 heteroatoms. The smallest absolute Gasteiger partial charge is 0.222 e. The summed E-state index contributed by atoms with van der Waals surface area (Å²) in [6.07, 6.45) is 5.00. The van der Waals surface area contributed by atoms with Crippen LogP contribution < -0.4 is 16.4 Å². The average molecular weight is 374 g/mol. The lowest BCUT2D eigenvalue weighted by atomic mass is 9.99. The van der Waals surface area contributed by atoms with Crippen LogP contribution in [0.25, 0.3) is 0 Å². The number of hydrogen-bond acceptors (Lipinski definition) is 3. The van der Waals surface area contributed by atoms with Crippen LogP contribution in [0.1, 0.15) is 18.9 Å². The first-order chi connectivity index (χ1) is 13.1. The molecular formula is C19H27FN6O. The number of guanidine groups is 1. The average Bonchev–Trinajstić information content (AvgIpc) is 3.16. The molecule has 0 bridgehead atoms. The molecule has 1 aromatic carbocycles. The van der Waals surface area contributed by atoms with Crippen LogP contribution in [-0.2, 0) is 17.8 Å². The van der Waals surface area contributed by atoms with Gasteiger partial charge in [-0.3, -0.25) is 14.5 Å². The lowest BCUT2D eigenvalue weighted by molar-refractivity contribution is -0.121. The van der Waals surface area contributed by atoms with Crippen LogP contribution in [0.4, 0.5) is 4.39 Å². The predicted octanol–water partition coefficient (Wildman–Crippen LogP) is 1.31. The Morgan fingerprint density at radius 1 is 1.33 bits per heavy atom. The van der Waals surface area contributed by atoms with E-state index in [4.69, 9.17) is 5.73 Å². The van der Waals surface area contributed by atoms with E-state index < -0.39 is 11.8 Å². The van der Waals surface area contributed by atoms with Gasteiger partial charge in [-0.15, -0.1) is 0 Å². The van der Waals surface area contributed by atoms with Crippen molar-refractivity contribution in [1.82, 2.24) is 20.4 Å². The van der Waals surface area contributed by atoms with Crippen molar-refractivity contribution in [3.05, 3.63) is 54.1 Å². The maximum absolute atomic E-state index is 13.0. The summed E-state index contributed by atoms with van der Waals surface area (Å²) in [5.74, 6) is -0.531. The molecule has 0 aliphatic heterocycles. The van der Waals surface area contributed by atoms with Crippen LogP contribution in [0, 0.1) is 11.7 Å². The van der Waals surface area contributed by atoms with E-state index in [9.17, 15) is 9.18 Å². The summed E-state index contributed by atoms with van der Waals surface area (Å²) in [5.41, 5.74) is 6.37. The van der Waals surface area contributed by atoms with Crippen molar-refractivity contribution in [1.29, 1.82) is 0 Å². The molecule has 1 aromatic heterocycles. The Morgan fingerprint density at radius 2 is 2.11 bits per heavy atom. The van der Waals surface area contributed by atoms with E-state index in [1.807, 2.05) is 23.9 Å². The van der Waals surface area contributed by atoms with Gasteiger partial charge in [0.15, 0.2) is 5.96 Å². The van der Waals surface area contributed by atoms with Gasteiger partial charge < -0.3 is 16.4 Å². The van der Waals surface area contributed by atoms with E-state index in [0.29, 0.717) is 18.9 Å². The molecule has 1 heterocycles. The highest BCUT2D eigenvalue weighted by atomic mass is 19.1. The summed E-state index contributed by atoms with van der Waals surface area (Å²) >= 11 is 0. The zero-order valence-corrected chi connectivity index (χ0v) is 15.6. The van der Waals surface area contributed by atoms with Gasteiger partial charge in [-0.2, -0.15) is 5.10 Å². The molecule has 4 N–H and O–H groups in total. The van der Waals surface area contributed by atoms with Gasteiger partial charge in [0, 0.05) is 32.0 Å². The zero-order chi connectivity index (χ0) is 19.5. The minimum Gasteiger partial charge on any atom is -0.369 e. The number of nitrogens with two attached hydrogens (primary N) is 1. The number of halogens is 1. The molecule has 0 spiro atoms. The number of aromatic nitrogens is 2. The first kappa shape index (κ1) is 20.4. The number of nitrogens with zero attached hydrogens (tertiary/aromatic N) is 3. The van der Waals surface area contributed by atoms with Crippen molar-refractivity contribution in [2.75, 3.05) is 19.6 Å². The van der Waals surface area contributed by atoms with Crippen molar-refractivity contribution in [3.8, 4) is 0 Å². The number of aliphatic imine (C=N–C) groups is 1. The number of nitrogens with one attached hydrogen (secondary N) is 2. The Labute approximate surface area is 158 Å². The van der Waals surface area contributed by atoms with E-state index in [2.05, 4.69) is 20.7 Å². The number of aryl methyl sites for hydroxylation is 1. The summed E-state index contributed by atoms with van der Waals surface area (Å²) in [7, 11) is 0. The van der Waals surface area contributed by atoms with Crippen LogP contribution in [0.3, 0.4) is 0 Å². The number of amides is 1. The van der Waals surface area contributed by atoms with Gasteiger partial charge in [-0.25, -0.2) is 4.39 Å². The first-order valence-electron chi connectivity index (χ1n) is 9.12. The fourth-order valence-corrected chi connectivity index (χ4v) is 2.58. The zero-order valence-electron chi connectivity index (χ0n) is 15.6. The second-order valence-corrected chi connectivity index (χ2v) is 6.20. The van der Waals surface area contributed by atoms with Crippen molar-refractivity contribution in [2.24, 2.45) is 16.6 Å². The Bertz CT molecular complexity index is 714. The normalized spacial score (nSPS) is 12.6. The Balaban J connectivity index is 1.86. The van der Waals surface area contributed by atoms with Gasteiger partial charge in [-0.1, -0.05) is 12.1 Å². The molecule has 0 saturated carbocycles. The van der Waals surface area contributed by atoms with Crippen LogP contribution in [0.5, 0.6) is 0 Å². The molecule has 0 aliphatic rings. The van der Waals surface area contributed by atoms with Crippen LogP contribution >= 0.6 is 0 Å². The molecule has 2 rings (SSSR count). The van der Waals surface area contributed by atoms with Gasteiger partial charge in [0.1, 0.15) is 5.82 Å². The van der Waals surface area contributed by atoms with E-state index in [1.165, 1.54) is 12.1 Å². The Morgan fingerprint density at radius 3 is 2.74 bits per heavy atom. The van der Waals surface area contributed by atoms with Crippen molar-refractivity contribution in [3.63, 3.8) is 0 Å².